The van der Waals surface area contributed by atoms with Crippen molar-refractivity contribution in [3.8, 4) is 0 Å². The first-order valence-corrected chi connectivity index (χ1v) is 7.42. The van der Waals surface area contributed by atoms with Gasteiger partial charge in [-0.15, -0.1) is 0 Å². The van der Waals surface area contributed by atoms with Gasteiger partial charge in [0, 0.05) is 5.41 Å². The summed E-state index contributed by atoms with van der Waals surface area (Å²) >= 11 is 0. The number of cyclic esters (lactones) is 2. The van der Waals surface area contributed by atoms with Gasteiger partial charge < -0.3 is 4.74 Å². The monoisotopic (exact) mass is 256 g/mol. The molecule has 5 rings (SSSR count). The molecule has 4 unspecified atom stereocenters. The quantitative estimate of drug-likeness (QED) is 0.411. The Hall–Kier alpha value is -1.38. The second kappa shape index (κ2) is 3.02. The summed E-state index contributed by atoms with van der Waals surface area (Å²) in [7, 11) is 0. The smallest absolute Gasteiger partial charge is 0.343 e. The van der Waals surface area contributed by atoms with Crippen molar-refractivity contribution in [3.05, 3.63) is 22.8 Å². The Balaban J connectivity index is 1.70. The van der Waals surface area contributed by atoms with Gasteiger partial charge in [-0.1, -0.05) is 11.6 Å². The van der Waals surface area contributed by atoms with Crippen LogP contribution in [0.1, 0.15) is 38.5 Å². The van der Waals surface area contributed by atoms with Crippen LogP contribution in [-0.4, -0.2) is 11.9 Å². The van der Waals surface area contributed by atoms with E-state index in [0.717, 1.165) is 36.3 Å². The molecule has 2 fully saturated rings. The van der Waals surface area contributed by atoms with Gasteiger partial charge in [-0.2, -0.15) is 0 Å². The van der Waals surface area contributed by atoms with Crippen molar-refractivity contribution in [3.63, 3.8) is 0 Å². The molecule has 5 aliphatic rings. The lowest BCUT2D eigenvalue weighted by molar-refractivity contribution is -0.152. The third-order valence-corrected chi connectivity index (χ3v) is 6.16. The van der Waals surface area contributed by atoms with Gasteiger partial charge in [0.15, 0.2) is 0 Å². The van der Waals surface area contributed by atoms with Crippen molar-refractivity contribution in [2.75, 3.05) is 0 Å². The van der Waals surface area contributed by atoms with Crippen molar-refractivity contribution in [1.82, 2.24) is 0 Å². The maximum absolute atomic E-state index is 12.1. The van der Waals surface area contributed by atoms with E-state index in [1.807, 2.05) is 0 Å². The molecule has 0 saturated heterocycles. The number of hydrogen-bond donors (Lipinski definition) is 0. The summed E-state index contributed by atoms with van der Waals surface area (Å²) in [5, 5.41) is 0. The number of carbonyl (C=O) groups excluding carboxylic acids is 2. The molecule has 0 spiro atoms. The molecule has 1 aliphatic heterocycles. The molecule has 98 valence electrons. The van der Waals surface area contributed by atoms with E-state index >= 15 is 0 Å². The highest BCUT2D eigenvalue weighted by Gasteiger charge is 2.62. The molecule has 4 atom stereocenters. The highest BCUT2D eigenvalue weighted by molar-refractivity contribution is 6.15. The standard InChI is InChI=1S/C16H16O3/c17-14-12-10-3-4-16(7-10,13(12)15(18)19-14)11-6-8-1-2-9(11)5-8/h6,8-10H,1-5,7H2. The molecular formula is C16H16O3. The van der Waals surface area contributed by atoms with Crippen LogP contribution in [0.4, 0.5) is 0 Å². The molecule has 0 aromatic rings. The number of allylic oxidation sites excluding steroid dienone is 2. The number of fused-ring (bicyclic) bond motifs is 6. The Labute approximate surface area is 111 Å². The molecule has 1 heterocycles. The minimum atomic E-state index is -0.352. The number of esters is 2. The van der Waals surface area contributed by atoms with Crippen LogP contribution in [0, 0.1) is 23.2 Å². The first-order valence-electron chi connectivity index (χ1n) is 7.42. The largest absolute Gasteiger partial charge is 0.386 e. The predicted octanol–water partition coefficient (Wildman–Crippen LogP) is 2.52. The highest BCUT2D eigenvalue weighted by Crippen LogP contribution is 2.67. The fraction of sp³-hybridized carbons (Fsp3) is 0.625. The van der Waals surface area contributed by atoms with E-state index in [2.05, 4.69) is 6.08 Å². The Morgan fingerprint density at radius 1 is 1.11 bits per heavy atom. The van der Waals surface area contributed by atoms with Gasteiger partial charge in [0.05, 0.1) is 11.1 Å². The maximum atomic E-state index is 12.1. The maximum Gasteiger partial charge on any atom is 0.343 e. The SMILES string of the molecule is O=C1OC(=O)C2=C1C1CCC2(C2=CC3CCC2C3)C1. The molecular weight excluding hydrogens is 240 g/mol. The Morgan fingerprint density at radius 3 is 2.74 bits per heavy atom. The molecule has 0 aromatic carbocycles. The molecule has 19 heavy (non-hydrogen) atoms. The van der Waals surface area contributed by atoms with Gasteiger partial charge in [-0.25, -0.2) is 9.59 Å². The van der Waals surface area contributed by atoms with Crippen LogP contribution in [0.5, 0.6) is 0 Å². The van der Waals surface area contributed by atoms with Gasteiger partial charge in [-0.3, -0.25) is 0 Å². The Kier molecular flexibility index (Phi) is 1.66. The first-order chi connectivity index (χ1) is 9.19. The van der Waals surface area contributed by atoms with Crippen LogP contribution in [0.2, 0.25) is 0 Å². The Bertz CT molecular complexity index is 597. The van der Waals surface area contributed by atoms with Gasteiger partial charge in [0.1, 0.15) is 0 Å². The predicted molar refractivity (Wildman–Crippen MR) is 66.8 cm³/mol. The third kappa shape index (κ3) is 1.03. The van der Waals surface area contributed by atoms with Gasteiger partial charge in [-0.05, 0) is 56.3 Å². The number of hydrogen-bond acceptors (Lipinski definition) is 3. The van der Waals surface area contributed by atoms with E-state index in [1.165, 1.54) is 24.8 Å². The number of rotatable bonds is 1. The number of ether oxygens (including phenoxy) is 1. The van der Waals surface area contributed by atoms with E-state index < -0.39 is 0 Å². The zero-order valence-corrected chi connectivity index (χ0v) is 10.8. The summed E-state index contributed by atoms with van der Waals surface area (Å²) in [5.41, 5.74) is 2.87. The van der Waals surface area contributed by atoms with Crippen LogP contribution < -0.4 is 0 Å². The lowest BCUT2D eigenvalue weighted by Crippen LogP contribution is -2.28. The second-order valence-electron chi connectivity index (χ2n) is 6.88. The summed E-state index contributed by atoms with van der Waals surface area (Å²) in [6.07, 6.45) is 9.38. The minimum absolute atomic E-state index is 0.108. The third-order valence-electron chi connectivity index (χ3n) is 6.16. The molecule has 3 nitrogen and oxygen atoms in total. The summed E-state index contributed by atoms with van der Waals surface area (Å²) in [5.74, 6) is 0.987. The summed E-state index contributed by atoms with van der Waals surface area (Å²) in [6.45, 7) is 0. The Morgan fingerprint density at radius 2 is 2.00 bits per heavy atom. The van der Waals surface area contributed by atoms with E-state index in [-0.39, 0.29) is 23.3 Å². The van der Waals surface area contributed by atoms with E-state index in [0.29, 0.717) is 5.92 Å². The first kappa shape index (κ1) is 10.4. The summed E-state index contributed by atoms with van der Waals surface area (Å²) in [6, 6.07) is 0. The van der Waals surface area contributed by atoms with Crippen molar-refractivity contribution in [1.29, 1.82) is 0 Å². The normalized spacial score (nSPS) is 46.1. The number of carbonyl (C=O) groups is 2. The topological polar surface area (TPSA) is 43.4 Å². The average Bonchev–Trinajstić information content (AvgIpc) is 3.14. The molecule has 0 N–H and O–H groups in total. The molecule has 0 aromatic heterocycles. The molecule has 0 radical (unpaired) electrons. The fourth-order valence-corrected chi connectivity index (χ4v) is 5.54. The summed E-state index contributed by atoms with van der Waals surface area (Å²) in [4.78, 5) is 23.9. The van der Waals surface area contributed by atoms with E-state index in [9.17, 15) is 9.59 Å². The zero-order valence-electron chi connectivity index (χ0n) is 10.8. The zero-order chi connectivity index (χ0) is 12.8. The molecule has 2 saturated carbocycles. The fourth-order valence-electron chi connectivity index (χ4n) is 5.54. The van der Waals surface area contributed by atoms with Crippen molar-refractivity contribution >= 4 is 11.9 Å². The minimum Gasteiger partial charge on any atom is -0.386 e. The van der Waals surface area contributed by atoms with Crippen molar-refractivity contribution in [2.24, 2.45) is 23.2 Å². The molecule has 3 heteroatoms. The van der Waals surface area contributed by atoms with Crippen LogP contribution in [0.3, 0.4) is 0 Å². The van der Waals surface area contributed by atoms with Gasteiger partial charge in [0.25, 0.3) is 0 Å². The van der Waals surface area contributed by atoms with E-state index in [1.54, 1.807) is 0 Å². The van der Waals surface area contributed by atoms with Gasteiger partial charge >= 0.3 is 11.9 Å². The molecule has 0 amide bonds. The van der Waals surface area contributed by atoms with Gasteiger partial charge in [0.2, 0.25) is 0 Å². The van der Waals surface area contributed by atoms with Crippen LogP contribution in [-0.2, 0) is 14.3 Å². The summed E-state index contributed by atoms with van der Waals surface area (Å²) < 4.78 is 4.89. The van der Waals surface area contributed by atoms with Crippen molar-refractivity contribution < 1.29 is 14.3 Å². The lowest BCUT2D eigenvalue weighted by Gasteiger charge is -2.33. The van der Waals surface area contributed by atoms with Crippen molar-refractivity contribution in [2.45, 2.75) is 38.5 Å². The second-order valence-corrected chi connectivity index (χ2v) is 6.88. The lowest BCUT2D eigenvalue weighted by atomic mass is 9.69. The molecule has 4 bridgehead atoms. The molecule has 4 aliphatic carbocycles. The van der Waals surface area contributed by atoms with Crippen LogP contribution in [0.15, 0.2) is 22.8 Å². The van der Waals surface area contributed by atoms with Crippen LogP contribution >= 0.6 is 0 Å². The highest BCUT2D eigenvalue weighted by atomic mass is 16.6. The van der Waals surface area contributed by atoms with Crippen LogP contribution in [0.25, 0.3) is 0 Å². The van der Waals surface area contributed by atoms with E-state index in [4.69, 9.17) is 4.74 Å². The average molecular weight is 256 g/mol.